The van der Waals surface area contributed by atoms with Gasteiger partial charge in [0.2, 0.25) is 0 Å². The van der Waals surface area contributed by atoms with E-state index in [2.05, 4.69) is 46.1 Å². The lowest BCUT2D eigenvalue weighted by Crippen LogP contribution is -2.31. The number of nitrogens with zero attached hydrogens (tertiary/aromatic N) is 2. The second kappa shape index (κ2) is 5.97. The van der Waals surface area contributed by atoms with Gasteiger partial charge in [0.25, 0.3) is 0 Å². The lowest BCUT2D eigenvalue weighted by Gasteiger charge is -2.15. The molecule has 0 aromatic carbocycles. The summed E-state index contributed by atoms with van der Waals surface area (Å²) in [7, 11) is 0. The van der Waals surface area contributed by atoms with Crippen molar-refractivity contribution < 1.29 is 4.74 Å². The summed E-state index contributed by atoms with van der Waals surface area (Å²) in [6, 6.07) is 0.393. The molecule has 1 N–H and O–H groups in total. The third-order valence-corrected chi connectivity index (χ3v) is 3.41. The summed E-state index contributed by atoms with van der Waals surface area (Å²) in [6.07, 6.45) is 6.78. The van der Waals surface area contributed by atoms with Crippen molar-refractivity contribution in [2.24, 2.45) is 0 Å². The first-order valence-corrected chi connectivity index (χ1v) is 6.85. The number of rotatable bonds is 5. The number of nitrogens with one attached hydrogen (secondary N) is 1. The third kappa shape index (κ3) is 3.43. The Balaban J connectivity index is 1.69. The molecule has 16 heavy (non-hydrogen) atoms. The van der Waals surface area contributed by atoms with E-state index in [-0.39, 0.29) is 0 Å². The highest BCUT2D eigenvalue weighted by Gasteiger charge is 2.15. The second-order valence-electron chi connectivity index (χ2n) is 4.28. The maximum atomic E-state index is 5.56. The Morgan fingerprint density at radius 1 is 1.75 bits per heavy atom. The van der Waals surface area contributed by atoms with Crippen molar-refractivity contribution in [3.8, 4) is 0 Å². The molecule has 1 saturated heterocycles. The Hall–Kier alpha value is -0.140. The Morgan fingerprint density at radius 2 is 2.62 bits per heavy atom. The van der Waals surface area contributed by atoms with Gasteiger partial charge in [-0.2, -0.15) is 5.10 Å². The molecule has 4 nitrogen and oxygen atoms in total. The van der Waals surface area contributed by atoms with Gasteiger partial charge in [0.15, 0.2) is 0 Å². The van der Waals surface area contributed by atoms with Crippen molar-refractivity contribution in [2.45, 2.75) is 31.9 Å². The molecular formula is C11H18IN3O. The fourth-order valence-electron chi connectivity index (χ4n) is 1.91. The monoisotopic (exact) mass is 335 g/mol. The highest BCUT2D eigenvalue weighted by atomic mass is 127. The van der Waals surface area contributed by atoms with Gasteiger partial charge in [-0.15, -0.1) is 0 Å². The highest BCUT2D eigenvalue weighted by Crippen LogP contribution is 2.11. The zero-order chi connectivity index (χ0) is 11.4. The van der Waals surface area contributed by atoms with Crippen LogP contribution in [0.4, 0.5) is 0 Å². The summed E-state index contributed by atoms with van der Waals surface area (Å²) < 4.78 is 8.75. The zero-order valence-corrected chi connectivity index (χ0v) is 11.7. The first-order chi connectivity index (χ1) is 7.75. The average molecular weight is 335 g/mol. The Labute approximate surface area is 110 Å². The first kappa shape index (κ1) is 12.3. The van der Waals surface area contributed by atoms with Crippen LogP contribution in [0.5, 0.6) is 0 Å². The standard InChI is InChI=1S/C11H18IN3O/c1-9(15-8-10(12)6-14-15)5-13-7-11-3-2-4-16-11/h6,8-9,11,13H,2-5,7H2,1H3. The molecule has 0 saturated carbocycles. The smallest absolute Gasteiger partial charge is 0.0700 e. The van der Waals surface area contributed by atoms with Gasteiger partial charge in [-0.05, 0) is 42.4 Å². The van der Waals surface area contributed by atoms with Gasteiger partial charge >= 0.3 is 0 Å². The Kier molecular flexibility index (Phi) is 4.60. The summed E-state index contributed by atoms with van der Waals surface area (Å²) in [5.41, 5.74) is 0. The molecule has 0 aliphatic carbocycles. The van der Waals surface area contributed by atoms with Crippen molar-refractivity contribution in [2.75, 3.05) is 19.7 Å². The molecule has 2 rings (SSSR count). The summed E-state index contributed by atoms with van der Waals surface area (Å²) in [4.78, 5) is 0. The van der Waals surface area contributed by atoms with Crippen LogP contribution in [-0.4, -0.2) is 35.6 Å². The number of halogens is 1. The van der Waals surface area contributed by atoms with Gasteiger partial charge < -0.3 is 10.1 Å². The van der Waals surface area contributed by atoms with Crippen LogP contribution >= 0.6 is 22.6 Å². The van der Waals surface area contributed by atoms with Gasteiger partial charge in [0.05, 0.1) is 21.9 Å². The van der Waals surface area contributed by atoms with E-state index in [1.54, 1.807) is 0 Å². The zero-order valence-electron chi connectivity index (χ0n) is 9.53. The molecular weight excluding hydrogens is 317 g/mol. The Bertz CT molecular complexity index is 323. The van der Waals surface area contributed by atoms with E-state index in [0.29, 0.717) is 12.1 Å². The quantitative estimate of drug-likeness (QED) is 0.835. The van der Waals surface area contributed by atoms with Crippen molar-refractivity contribution in [3.63, 3.8) is 0 Å². The lowest BCUT2D eigenvalue weighted by atomic mass is 10.2. The molecule has 2 heterocycles. The summed E-state index contributed by atoms with van der Waals surface area (Å²) in [6.45, 7) is 5.01. The van der Waals surface area contributed by atoms with Gasteiger partial charge in [-0.25, -0.2) is 0 Å². The molecule has 90 valence electrons. The molecule has 5 heteroatoms. The van der Waals surface area contributed by atoms with E-state index in [1.165, 1.54) is 16.4 Å². The largest absolute Gasteiger partial charge is 0.377 e. The molecule has 2 atom stereocenters. The van der Waals surface area contributed by atoms with Gasteiger partial charge in [0, 0.05) is 25.9 Å². The maximum absolute atomic E-state index is 5.56. The minimum absolute atomic E-state index is 0.393. The second-order valence-corrected chi connectivity index (χ2v) is 5.53. The average Bonchev–Trinajstić information content (AvgIpc) is 2.89. The molecule has 0 spiro atoms. The van der Waals surface area contributed by atoms with E-state index in [1.807, 2.05) is 10.9 Å². The van der Waals surface area contributed by atoms with E-state index < -0.39 is 0 Å². The summed E-state index contributed by atoms with van der Waals surface area (Å²) in [5.74, 6) is 0. The van der Waals surface area contributed by atoms with Gasteiger partial charge in [-0.3, -0.25) is 4.68 Å². The number of ether oxygens (including phenoxy) is 1. The number of aromatic nitrogens is 2. The molecule has 2 unspecified atom stereocenters. The minimum Gasteiger partial charge on any atom is -0.377 e. The molecule has 1 fully saturated rings. The van der Waals surface area contributed by atoms with Crippen LogP contribution in [0.1, 0.15) is 25.8 Å². The molecule has 0 amide bonds. The van der Waals surface area contributed by atoms with Crippen LogP contribution in [0.3, 0.4) is 0 Å². The van der Waals surface area contributed by atoms with Crippen LogP contribution in [0.2, 0.25) is 0 Å². The molecule has 0 radical (unpaired) electrons. The van der Waals surface area contributed by atoms with E-state index in [9.17, 15) is 0 Å². The normalized spacial score (nSPS) is 22.5. The van der Waals surface area contributed by atoms with Crippen LogP contribution < -0.4 is 5.32 Å². The fraction of sp³-hybridized carbons (Fsp3) is 0.727. The fourth-order valence-corrected chi connectivity index (χ4v) is 2.32. The van der Waals surface area contributed by atoms with Crippen molar-refractivity contribution in [1.29, 1.82) is 0 Å². The van der Waals surface area contributed by atoms with E-state index >= 15 is 0 Å². The lowest BCUT2D eigenvalue weighted by molar-refractivity contribution is 0.109. The third-order valence-electron chi connectivity index (χ3n) is 2.86. The predicted octanol–water partition coefficient (Wildman–Crippen LogP) is 1.82. The van der Waals surface area contributed by atoms with Gasteiger partial charge in [-0.1, -0.05) is 0 Å². The van der Waals surface area contributed by atoms with Crippen LogP contribution in [-0.2, 0) is 4.74 Å². The van der Waals surface area contributed by atoms with Crippen molar-refractivity contribution in [3.05, 3.63) is 16.0 Å². The maximum Gasteiger partial charge on any atom is 0.0700 e. The molecule has 1 aliphatic rings. The van der Waals surface area contributed by atoms with E-state index in [0.717, 1.165) is 19.7 Å². The molecule has 1 aromatic heterocycles. The van der Waals surface area contributed by atoms with Crippen LogP contribution in [0, 0.1) is 3.57 Å². The SMILES string of the molecule is CC(CNCC1CCCO1)n1cc(I)cn1. The predicted molar refractivity (Wildman–Crippen MR) is 71.5 cm³/mol. The van der Waals surface area contributed by atoms with Crippen LogP contribution in [0.15, 0.2) is 12.4 Å². The van der Waals surface area contributed by atoms with Crippen molar-refractivity contribution in [1.82, 2.24) is 15.1 Å². The first-order valence-electron chi connectivity index (χ1n) is 5.77. The van der Waals surface area contributed by atoms with Crippen LogP contribution in [0.25, 0.3) is 0 Å². The summed E-state index contributed by atoms with van der Waals surface area (Å²) in [5, 5.41) is 7.75. The summed E-state index contributed by atoms with van der Waals surface area (Å²) >= 11 is 2.28. The minimum atomic E-state index is 0.393. The number of hydrogen-bond donors (Lipinski definition) is 1. The molecule has 1 aromatic rings. The van der Waals surface area contributed by atoms with Gasteiger partial charge in [0.1, 0.15) is 0 Å². The highest BCUT2D eigenvalue weighted by molar-refractivity contribution is 14.1. The molecule has 0 bridgehead atoms. The molecule has 1 aliphatic heterocycles. The van der Waals surface area contributed by atoms with E-state index in [4.69, 9.17) is 4.74 Å². The number of hydrogen-bond acceptors (Lipinski definition) is 3. The van der Waals surface area contributed by atoms with Crippen molar-refractivity contribution >= 4 is 22.6 Å². The topological polar surface area (TPSA) is 39.1 Å². The Morgan fingerprint density at radius 3 is 3.25 bits per heavy atom.